The Balaban J connectivity index is 1.79. The number of benzene rings is 1. The molecule has 0 aromatic heterocycles. The van der Waals surface area contributed by atoms with Crippen molar-refractivity contribution in [2.75, 3.05) is 25.0 Å². The van der Waals surface area contributed by atoms with Gasteiger partial charge in [-0.25, -0.2) is 0 Å². The number of ether oxygens (including phenoxy) is 1. The highest BCUT2D eigenvalue weighted by molar-refractivity contribution is 5.92. The minimum Gasteiger partial charge on any atom is -0.435 e. The summed E-state index contributed by atoms with van der Waals surface area (Å²) in [5.41, 5.74) is 0.527. The summed E-state index contributed by atoms with van der Waals surface area (Å²) in [5, 5.41) is 12.1. The lowest BCUT2D eigenvalue weighted by Crippen LogP contribution is -2.40. The van der Waals surface area contributed by atoms with Crippen LogP contribution >= 0.6 is 0 Å². The van der Waals surface area contributed by atoms with E-state index in [0.29, 0.717) is 31.6 Å². The van der Waals surface area contributed by atoms with Crippen LogP contribution in [0, 0.1) is 0 Å². The first-order valence-electron chi connectivity index (χ1n) is 6.78. The average molecular weight is 300 g/mol. The van der Waals surface area contributed by atoms with Crippen LogP contribution in [0.2, 0.25) is 0 Å². The highest BCUT2D eigenvalue weighted by Crippen LogP contribution is 2.18. The molecule has 0 saturated carbocycles. The van der Waals surface area contributed by atoms with Crippen molar-refractivity contribution in [3.63, 3.8) is 0 Å². The van der Waals surface area contributed by atoms with E-state index in [-0.39, 0.29) is 24.3 Å². The van der Waals surface area contributed by atoms with Crippen LogP contribution in [0.5, 0.6) is 5.75 Å². The van der Waals surface area contributed by atoms with Gasteiger partial charge in [-0.05, 0) is 37.1 Å². The van der Waals surface area contributed by atoms with Crippen molar-refractivity contribution in [3.8, 4) is 5.75 Å². The van der Waals surface area contributed by atoms with E-state index < -0.39 is 6.61 Å². The van der Waals surface area contributed by atoms with E-state index in [9.17, 15) is 18.7 Å². The van der Waals surface area contributed by atoms with Crippen molar-refractivity contribution in [3.05, 3.63) is 24.3 Å². The molecule has 1 aliphatic heterocycles. The molecule has 1 saturated heterocycles. The van der Waals surface area contributed by atoms with Gasteiger partial charge in [0.25, 0.3) is 0 Å². The Morgan fingerprint density at radius 2 is 1.95 bits per heavy atom. The molecule has 5 nitrogen and oxygen atoms in total. The molecule has 0 bridgehead atoms. The fourth-order valence-corrected chi connectivity index (χ4v) is 2.20. The molecule has 2 rings (SSSR count). The molecular weight excluding hydrogens is 282 g/mol. The van der Waals surface area contributed by atoms with Crippen LogP contribution in [0.1, 0.15) is 12.8 Å². The van der Waals surface area contributed by atoms with E-state index >= 15 is 0 Å². The van der Waals surface area contributed by atoms with Crippen LogP contribution < -0.4 is 10.1 Å². The monoisotopic (exact) mass is 300 g/mol. The zero-order valence-electron chi connectivity index (χ0n) is 11.5. The number of alkyl halides is 2. The van der Waals surface area contributed by atoms with Crippen LogP contribution in [0.3, 0.4) is 0 Å². The fourth-order valence-electron chi connectivity index (χ4n) is 2.20. The van der Waals surface area contributed by atoms with Gasteiger partial charge in [0.15, 0.2) is 0 Å². The summed E-state index contributed by atoms with van der Waals surface area (Å²) in [6.07, 6.45) is 1.08. The van der Waals surface area contributed by atoms with E-state index in [1.54, 1.807) is 0 Å². The van der Waals surface area contributed by atoms with Gasteiger partial charge in [0, 0.05) is 18.8 Å². The molecule has 1 fully saturated rings. The summed E-state index contributed by atoms with van der Waals surface area (Å²) in [5.74, 6) is -0.123. The predicted octanol–water partition coefficient (Wildman–Crippen LogP) is 1.68. The van der Waals surface area contributed by atoms with Gasteiger partial charge in [0.1, 0.15) is 5.75 Å². The van der Waals surface area contributed by atoms with Crippen LogP contribution in [0.15, 0.2) is 24.3 Å². The molecule has 1 amide bonds. The third kappa shape index (κ3) is 5.28. The van der Waals surface area contributed by atoms with E-state index in [1.807, 2.05) is 4.90 Å². The Morgan fingerprint density at radius 1 is 1.33 bits per heavy atom. The Labute approximate surface area is 121 Å². The summed E-state index contributed by atoms with van der Waals surface area (Å²) in [7, 11) is 0. The Morgan fingerprint density at radius 3 is 2.52 bits per heavy atom. The number of carbonyl (C=O) groups excluding carboxylic acids is 1. The molecule has 21 heavy (non-hydrogen) atoms. The number of aliphatic hydroxyl groups is 1. The normalized spacial score (nSPS) is 17.0. The molecule has 1 aromatic carbocycles. The van der Waals surface area contributed by atoms with Gasteiger partial charge in [-0.1, -0.05) is 0 Å². The Kier molecular flexibility index (Phi) is 5.46. The van der Waals surface area contributed by atoms with Crippen molar-refractivity contribution >= 4 is 11.6 Å². The van der Waals surface area contributed by atoms with Crippen LogP contribution in [0.25, 0.3) is 0 Å². The van der Waals surface area contributed by atoms with E-state index in [1.165, 1.54) is 24.3 Å². The quantitative estimate of drug-likeness (QED) is 0.868. The molecule has 0 atom stereocenters. The number of rotatable bonds is 5. The highest BCUT2D eigenvalue weighted by Gasteiger charge is 2.18. The van der Waals surface area contributed by atoms with E-state index in [0.717, 1.165) is 0 Å². The van der Waals surface area contributed by atoms with Crippen molar-refractivity contribution in [2.45, 2.75) is 25.6 Å². The van der Waals surface area contributed by atoms with E-state index in [4.69, 9.17) is 0 Å². The van der Waals surface area contributed by atoms with Crippen molar-refractivity contribution in [1.29, 1.82) is 0 Å². The van der Waals surface area contributed by atoms with Gasteiger partial charge in [-0.3, -0.25) is 9.69 Å². The standard InChI is InChI=1S/C14H18F2N2O3/c15-14(16)21-12-3-1-10(2-4-12)17-13(20)9-18-7-5-11(19)6-8-18/h1-4,11,14,19H,5-9H2,(H,17,20). The molecule has 116 valence electrons. The largest absolute Gasteiger partial charge is 0.435 e. The minimum atomic E-state index is -2.86. The summed E-state index contributed by atoms with van der Waals surface area (Å²) in [6.45, 7) is -1.23. The SMILES string of the molecule is O=C(CN1CCC(O)CC1)Nc1ccc(OC(F)F)cc1. The minimum absolute atomic E-state index is 0.0491. The molecule has 0 spiro atoms. The fraction of sp³-hybridized carbons (Fsp3) is 0.500. The number of halogens is 2. The van der Waals surface area contributed by atoms with Gasteiger partial charge in [0.05, 0.1) is 12.6 Å². The molecule has 1 aliphatic rings. The molecule has 1 heterocycles. The molecule has 0 radical (unpaired) electrons. The lowest BCUT2D eigenvalue weighted by Gasteiger charge is -2.28. The number of likely N-dealkylation sites (tertiary alicyclic amines) is 1. The maximum absolute atomic E-state index is 12.0. The zero-order chi connectivity index (χ0) is 15.2. The summed E-state index contributed by atoms with van der Waals surface area (Å²) in [4.78, 5) is 13.8. The second-order valence-corrected chi connectivity index (χ2v) is 4.96. The van der Waals surface area contributed by atoms with Gasteiger partial charge in [0.2, 0.25) is 5.91 Å². The number of nitrogens with one attached hydrogen (secondary N) is 1. The average Bonchev–Trinajstić information content (AvgIpc) is 2.43. The smallest absolute Gasteiger partial charge is 0.387 e. The van der Waals surface area contributed by atoms with Gasteiger partial charge < -0.3 is 15.2 Å². The number of nitrogens with zero attached hydrogens (tertiary/aromatic N) is 1. The third-order valence-corrected chi connectivity index (χ3v) is 3.29. The number of piperidine rings is 1. The number of carbonyl (C=O) groups is 1. The van der Waals surface area contributed by atoms with Crippen LogP contribution in [-0.4, -0.2) is 48.3 Å². The third-order valence-electron chi connectivity index (χ3n) is 3.29. The van der Waals surface area contributed by atoms with Crippen molar-refractivity contribution < 1.29 is 23.4 Å². The second-order valence-electron chi connectivity index (χ2n) is 4.96. The highest BCUT2D eigenvalue weighted by atomic mass is 19.3. The van der Waals surface area contributed by atoms with Crippen LogP contribution in [0.4, 0.5) is 14.5 Å². The Hall–Kier alpha value is -1.73. The number of anilines is 1. The Bertz CT molecular complexity index is 460. The lowest BCUT2D eigenvalue weighted by atomic mass is 10.1. The summed E-state index contributed by atoms with van der Waals surface area (Å²) in [6, 6.07) is 5.77. The molecule has 0 aliphatic carbocycles. The number of aliphatic hydroxyl groups excluding tert-OH is 1. The number of hydrogen-bond acceptors (Lipinski definition) is 4. The first-order chi connectivity index (χ1) is 10.0. The maximum Gasteiger partial charge on any atom is 0.387 e. The molecule has 7 heteroatoms. The topological polar surface area (TPSA) is 61.8 Å². The second kappa shape index (κ2) is 7.33. The van der Waals surface area contributed by atoms with E-state index in [2.05, 4.69) is 10.1 Å². The summed E-state index contributed by atoms with van der Waals surface area (Å²) >= 11 is 0. The van der Waals surface area contributed by atoms with Crippen molar-refractivity contribution in [2.24, 2.45) is 0 Å². The number of amides is 1. The van der Waals surface area contributed by atoms with Crippen molar-refractivity contribution in [1.82, 2.24) is 4.90 Å². The lowest BCUT2D eigenvalue weighted by molar-refractivity contribution is -0.117. The molecule has 0 unspecified atom stereocenters. The van der Waals surface area contributed by atoms with Gasteiger partial charge in [-0.15, -0.1) is 0 Å². The zero-order valence-corrected chi connectivity index (χ0v) is 11.5. The number of hydrogen-bond donors (Lipinski definition) is 2. The predicted molar refractivity (Wildman–Crippen MR) is 73.4 cm³/mol. The summed E-state index contributed by atoms with van der Waals surface area (Å²) < 4.78 is 28.2. The maximum atomic E-state index is 12.0. The first-order valence-corrected chi connectivity index (χ1v) is 6.78. The molecule has 1 aromatic rings. The first kappa shape index (κ1) is 15.7. The van der Waals surface area contributed by atoms with Gasteiger partial charge >= 0.3 is 6.61 Å². The molecular formula is C14H18F2N2O3. The van der Waals surface area contributed by atoms with Gasteiger partial charge in [-0.2, -0.15) is 8.78 Å². The van der Waals surface area contributed by atoms with Crippen LogP contribution in [-0.2, 0) is 4.79 Å². The molecule has 2 N–H and O–H groups in total.